The molecule has 6 nitrogen and oxygen atoms in total. The average molecular weight is 414 g/mol. The molecule has 0 unspecified atom stereocenters. The zero-order valence-electron chi connectivity index (χ0n) is 18.4. The van der Waals surface area contributed by atoms with Gasteiger partial charge in [-0.05, 0) is 87.3 Å². The summed E-state index contributed by atoms with van der Waals surface area (Å²) in [5.74, 6) is 2.78. The van der Waals surface area contributed by atoms with E-state index in [9.17, 15) is 9.59 Å². The third-order valence-electron chi connectivity index (χ3n) is 7.42. The highest BCUT2D eigenvalue weighted by molar-refractivity contribution is 5.97. The summed E-state index contributed by atoms with van der Waals surface area (Å²) in [4.78, 5) is 25.3. The van der Waals surface area contributed by atoms with E-state index in [2.05, 4.69) is 22.9 Å². The number of methoxy groups -OCH3 is 1. The summed E-state index contributed by atoms with van der Waals surface area (Å²) >= 11 is 0. The fourth-order valence-corrected chi connectivity index (χ4v) is 6.42. The number of carbonyl (C=O) groups is 2. The molecule has 3 N–H and O–H groups in total. The first kappa shape index (κ1) is 21.2. The highest BCUT2D eigenvalue weighted by Crippen LogP contribution is 2.55. The van der Waals surface area contributed by atoms with Crippen LogP contribution >= 0.6 is 0 Å². The number of carbonyl (C=O) groups excluding carboxylic acids is 2. The fraction of sp³-hybridized carbons (Fsp3) is 0.667. The van der Waals surface area contributed by atoms with E-state index in [1.54, 1.807) is 14.0 Å². The van der Waals surface area contributed by atoms with E-state index in [1.165, 1.54) is 19.3 Å². The van der Waals surface area contributed by atoms with Gasteiger partial charge in [-0.25, -0.2) is 4.79 Å². The summed E-state index contributed by atoms with van der Waals surface area (Å²) in [6, 6.07) is 7.07. The second-order valence-corrected chi connectivity index (χ2v) is 9.76. The third-order valence-corrected chi connectivity index (χ3v) is 7.42. The molecule has 0 radical (unpaired) electrons. The highest BCUT2D eigenvalue weighted by atomic mass is 16.5. The van der Waals surface area contributed by atoms with Crippen LogP contribution in [0.5, 0.6) is 5.75 Å². The molecule has 2 atom stereocenters. The number of rotatable bonds is 7. The van der Waals surface area contributed by atoms with E-state index >= 15 is 0 Å². The molecule has 30 heavy (non-hydrogen) atoms. The predicted octanol–water partition coefficient (Wildman–Crippen LogP) is 3.92. The van der Waals surface area contributed by atoms with Gasteiger partial charge in [0, 0.05) is 11.6 Å². The van der Waals surface area contributed by atoms with Gasteiger partial charge in [-0.1, -0.05) is 19.1 Å². The Balaban J connectivity index is 1.31. The number of ether oxygens (including phenoxy) is 1. The first-order valence-electron chi connectivity index (χ1n) is 11.4. The van der Waals surface area contributed by atoms with Crippen LogP contribution in [-0.4, -0.2) is 30.6 Å². The lowest BCUT2D eigenvalue weighted by molar-refractivity contribution is -0.121. The lowest BCUT2D eigenvalue weighted by Crippen LogP contribution is -2.62. The SMILES string of the molecule is CC[C@@H](N[C@@H](C)C(=O)NC(=O)NC12CC3CC(CC(C3)C1)C2)c1ccc(OC)cc1. The minimum atomic E-state index is -0.473. The van der Waals surface area contributed by atoms with Gasteiger partial charge >= 0.3 is 6.03 Å². The molecule has 3 amide bonds. The lowest BCUT2D eigenvalue weighted by Gasteiger charge is -2.56. The predicted molar refractivity (Wildman–Crippen MR) is 116 cm³/mol. The maximum Gasteiger partial charge on any atom is 0.321 e. The Labute approximate surface area is 179 Å². The van der Waals surface area contributed by atoms with Crippen LogP contribution in [0.1, 0.15) is 70.4 Å². The maximum absolute atomic E-state index is 12.7. The zero-order valence-corrected chi connectivity index (χ0v) is 18.4. The molecule has 1 aromatic rings. The Hall–Kier alpha value is -2.08. The molecule has 4 fully saturated rings. The number of urea groups is 1. The topological polar surface area (TPSA) is 79.5 Å². The van der Waals surface area contributed by atoms with Crippen LogP contribution in [0.15, 0.2) is 24.3 Å². The first-order chi connectivity index (χ1) is 14.4. The Kier molecular flexibility index (Phi) is 6.05. The van der Waals surface area contributed by atoms with Crippen LogP contribution in [0.25, 0.3) is 0 Å². The van der Waals surface area contributed by atoms with Crippen molar-refractivity contribution in [1.29, 1.82) is 0 Å². The molecule has 4 bridgehead atoms. The molecule has 0 saturated heterocycles. The highest BCUT2D eigenvalue weighted by Gasteiger charge is 2.51. The Morgan fingerprint density at radius 1 is 1.07 bits per heavy atom. The summed E-state index contributed by atoms with van der Waals surface area (Å²) in [6.07, 6.45) is 8.03. The van der Waals surface area contributed by atoms with Crippen molar-refractivity contribution in [3.8, 4) is 5.75 Å². The van der Waals surface area contributed by atoms with Crippen molar-refractivity contribution < 1.29 is 14.3 Å². The number of benzene rings is 1. The third kappa shape index (κ3) is 4.48. The monoisotopic (exact) mass is 413 g/mol. The van der Waals surface area contributed by atoms with Gasteiger partial charge < -0.3 is 10.1 Å². The van der Waals surface area contributed by atoms with E-state index < -0.39 is 6.04 Å². The van der Waals surface area contributed by atoms with Gasteiger partial charge in [-0.15, -0.1) is 0 Å². The van der Waals surface area contributed by atoms with Crippen LogP contribution in [0, 0.1) is 17.8 Å². The number of amides is 3. The van der Waals surface area contributed by atoms with E-state index in [4.69, 9.17) is 4.74 Å². The van der Waals surface area contributed by atoms with Crippen LogP contribution < -0.4 is 20.7 Å². The standard InChI is InChI=1S/C24H35N3O3/c1-4-21(19-5-7-20(30-3)8-6-19)25-15(2)22(28)26-23(29)27-24-12-16-9-17(13-24)11-18(10-16)14-24/h5-8,15-18,21,25H,4,9-14H2,1-3H3,(H2,26,27,28,29)/t15-,16?,17?,18?,21+,24?/m0/s1. The Morgan fingerprint density at radius 2 is 1.63 bits per heavy atom. The molecular weight excluding hydrogens is 378 g/mol. The number of hydrogen-bond donors (Lipinski definition) is 3. The minimum Gasteiger partial charge on any atom is -0.497 e. The van der Waals surface area contributed by atoms with Gasteiger partial charge in [-0.2, -0.15) is 0 Å². The molecule has 0 heterocycles. The molecule has 4 aliphatic rings. The molecule has 164 valence electrons. The van der Waals surface area contributed by atoms with E-state index in [1.807, 2.05) is 24.3 Å². The molecule has 0 aromatic heterocycles. The molecule has 4 saturated carbocycles. The van der Waals surface area contributed by atoms with Crippen molar-refractivity contribution in [3.63, 3.8) is 0 Å². The number of hydrogen-bond acceptors (Lipinski definition) is 4. The average Bonchev–Trinajstić information content (AvgIpc) is 2.70. The molecule has 0 spiro atoms. The van der Waals surface area contributed by atoms with Crippen molar-refractivity contribution >= 4 is 11.9 Å². The summed E-state index contributed by atoms with van der Waals surface area (Å²) in [5, 5.41) is 9.14. The summed E-state index contributed by atoms with van der Waals surface area (Å²) in [6.45, 7) is 3.88. The summed E-state index contributed by atoms with van der Waals surface area (Å²) in [7, 11) is 1.64. The van der Waals surface area contributed by atoms with Crippen LogP contribution in [0.2, 0.25) is 0 Å². The Morgan fingerprint density at radius 3 is 2.13 bits per heavy atom. The fourth-order valence-electron chi connectivity index (χ4n) is 6.42. The first-order valence-corrected chi connectivity index (χ1v) is 11.4. The van der Waals surface area contributed by atoms with E-state index in [-0.39, 0.29) is 23.5 Å². The van der Waals surface area contributed by atoms with Crippen LogP contribution in [-0.2, 0) is 4.79 Å². The maximum atomic E-state index is 12.7. The molecular formula is C24H35N3O3. The molecule has 1 aromatic carbocycles. The van der Waals surface area contributed by atoms with Gasteiger partial charge in [-0.3, -0.25) is 15.4 Å². The molecule has 4 aliphatic carbocycles. The smallest absolute Gasteiger partial charge is 0.321 e. The summed E-state index contributed by atoms with van der Waals surface area (Å²) in [5.41, 5.74) is 1.00. The van der Waals surface area contributed by atoms with E-state index in [0.29, 0.717) is 0 Å². The number of nitrogens with one attached hydrogen (secondary N) is 3. The summed E-state index contributed by atoms with van der Waals surface area (Å²) < 4.78 is 5.22. The second kappa shape index (κ2) is 8.58. The van der Waals surface area contributed by atoms with Gasteiger partial charge in [0.25, 0.3) is 0 Å². The molecule has 5 rings (SSSR count). The van der Waals surface area contributed by atoms with Gasteiger partial charge in [0.05, 0.1) is 13.2 Å². The van der Waals surface area contributed by atoms with Crippen LogP contribution in [0.4, 0.5) is 4.79 Å². The van der Waals surface area contributed by atoms with Gasteiger partial charge in [0.15, 0.2) is 0 Å². The van der Waals surface area contributed by atoms with Gasteiger partial charge in [0.1, 0.15) is 5.75 Å². The van der Waals surface area contributed by atoms with Gasteiger partial charge in [0.2, 0.25) is 5.91 Å². The molecule has 0 aliphatic heterocycles. The quantitative estimate of drug-likeness (QED) is 0.633. The van der Waals surface area contributed by atoms with Crippen molar-refractivity contribution in [3.05, 3.63) is 29.8 Å². The van der Waals surface area contributed by atoms with Crippen molar-refractivity contribution in [2.24, 2.45) is 17.8 Å². The van der Waals surface area contributed by atoms with Crippen LogP contribution in [0.3, 0.4) is 0 Å². The normalized spacial score (nSPS) is 31.1. The largest absolute Gasteiger partial charge is 0.497 e. The van der Waals surface area contributed by atoms with Crippen molar-refractivity contribution in [2.45, 2.75) is 76.4 Å². The van der Waals surface area contributed by atoms with Crippen molar-refractivity contribution in [2.75, 3.05) is 7.11 Å². The van der Waals surface area contributed by atoms with Crippen molar-refractivity contribution in [1.82, 2.24) is 16.0 Å². The zero-order chi connectivity index (χ0) is 21.3. The Bertz CT molecular complexity index is 741. The number of imide groups is 1. The second-order valence-electron chi connectivity index (χ2n) is 9.76. The molecule has 6 heteroatoms. The minimum absolute atomic E-state index is 0.0304. The lowest BCUT2D eigenvalue weighted by atomic mass is 9.53. The van der Waals surface area contributed by atoms with E-state index in [0.717, 1.165) is 54.7 Å².